The number of fused-ring (bicyclic) bond motifs is 2. The van der Waals surface area contributed by atoms with Crippen molar-refractivity contribution in [3.05, 3.63) is 60.2 Å². The number of ketones is 1. The van der Waals surface area contributed by atoms with Crippen molar-refractivity contribution in [2.75, 3.05) is 40.9 Å². The first-order chi connectivity index (χ1) is 16.9. The third kappa shape index (κ3) is 3.48. The number of hydrogen-bond donors (Lipinski definition) is 0. The summed E-state index contributed by atoms with van der Waals surface area (Å²) >= 11 is 0. The van der Waals surface area contributed by atoms with Crippen LogP contribution in [0.4, 0.5) is 0 Å². The zero-order chi connectivity index (χ0) is 24.8. The van der Waals surface area contributed by atoms with Crippen LogP contribution in [0.1, 0.15) is 36.3 Å². The molecule has 9 nitrogen and oxygen atoms in total. The van der Waals surface area contributed by atoms with Crippen LogP contribution in [0, 0.1) is 16.7 Å². The number of aromatic nitrogens is 2. The van der Waals surface area contributed by atoms with Gasteiger partial charge in [-0.2, -0.15) is 0 Å². The Hall–Kier alpha value is -3.17. The molecule has 9 heteroatoms. The second kappa shape index (κ2) is 8.80. The van der Waals surface area contributed by atoms with Crippen molar-refractivity contribution >= 4 is 17.7 Å². The summed E-state index contributed by atoms with van der Waals surface area (Å²) in [4.78, 5) is 55.2. The molecule has 0 aromatic carbocycles. The topological polar surface area (TPSA) is 102 Å². The van der Waals surface area contributed by atoms with Gasteiger partial charge < -0.3 is 9.47 Å². The number of hydrogen-bond acceptors (Lipinski definition) is 9. The summed E-state index contributed by atoms with van der Waals surface area (Å²) in [5.41, 5.74) is -2.21. The Kier molecular flexibility index (Phi) is 5.93. The maximum Gasteiger partial charge on any atom is 0.322 e. The van der Waals surface area contributed by atoms with Gasteiger partial charge in [-0.25, -0.2) is 0 Å². The summed E-state index contributed by atoms with van der Waals surface area (Å²) < 4.78 is 10.6. The number of esters is 2. The first-order valence-electron chi connectivity index (χ1n) is 11.9. The highest BCUT2D eigenvalue weighted by atomic mass is 16.5. The molecule has 2 saturated heterocycles. The average molecular weight is 479 g/mol. The first-order valence-corrected chi connectivity index (χ1v) is 11.9. The molecule has 0 amide bonds. The minimum Gasteiger partial charge on any atom is -0.468 e. The second-order valence-electron chi connectivity index (χ2n) is 9.85. The Morgan fingerprint density at radius 2 is 1.40 bits per heavy atom. The van der Waals surface area contributed by atoms with Crippen molar-refractivity contribution in [1.29, 1.82) is 0 Å². The van der Waals surface area contributed by atoms with Crippen LogP contribution in [0.15, 0.2) is 48.8 Å². The van der Waals surface area contributed by atoms with Gasteiger partial charge in [0.05, 0.1) is 37.7 Å². The lowest BCUT2D eigenvalue weighted by atomic mass is 9.54. The molecule has 5 rings (SSSR count). The van der Waals surface area contributed by atoms with Crippen molar-refractivity contribution in [2.45, 2.75) is 24.9 Å². The third-order valence-electron chi connectivity index (χ3n) is 7.75. The lowest BCUT2D eigenvalue weighted by molar-refractivity contribution is -0.204. The second-order valence-corrected chi connectivity index (χ2v) is 9.85. The quantitative estimate of drug-likeness (QED) is 0.454. The number of nitrogens with zero attached hydrogens (tertiary/aromatic N) is 4. The molecule has 2 unspecified atom stereocenters. The van der Waals surface area contributed by atoms with Crippen molar-refractivity contribution in [3.63, 3.8) is 0 Å². The Bertz CT molecular complexity index is 1050. The molecule has 4 heterocycles. The predicted octanol–water partition coefficient (Wildman–Crippen LogP) is 1.82. The molecular weight excluding hydrogens is 448 g/mol. The van der Waals surface area contributed by atoms with E-state index >= 15 is 0 Å². The molecule has 184 valence electrons. The minimum atomic E-state index is -1.66. The van der Waals surface area contributed by atoms with E-state index in [9.17, 15) is 14.4 Å². The van der Waals surface area contributed by atoms with Crippen LogP contribution < -0.4 is 0 Å². The first kappa shape index (κ1) is 23.6. The smallest absolute Gasteiger partial charge is 0.322 e. The van der Waals surface area contributed by atoms with Crippen molar-refractivity contribution in [1.82, 2.24) is 19.8 Å². The summed E-state index contributed by atoms with van der Waals surface area (Å²) in [5.74, 6) is -1.34. The van der Waals surface area contributed by atoms with Gasteiger partial charge in [0.15, 0.2) is 16.6 Å². The molecule has 2 bridgehead atoms. The number of carbonyl (C=O) groups excluding carboxylic acids is 3. The molecule has 0 radical (unpaired) electrons. The Morgan fingerprint density at radius 1 is 0.914 bits per heavy atom. The molecule has 35 heavy (non-hydrogen) atoms. The monoisotopic (exact) mass is 478 g/mol. The maximum atomic E-state index is 14.7. The standard InChI is InChI=1S/C26H30N4O5/c1-29-20(18-8-4-6-12-27-18)25(23(32)34-2)15-30(14-17-10-11-17)16-26(22(25)31,24(33)35-3)21(29)19-9-5-7-13-28-19/h4-9,12-13,17,20-21H,10-11,14-16H2,1-3H3/t20?,21?,25-,26+. The van der Waals surface area contributed by atoms with E-state index in [0.717, 1.165) is 12.8 Å². The highest BCUT2D eigenvalue weighted by molar-refractivity contribution is 6.17. The molecule has 1 saturated carbocycles. The van der Waals surface area contributed by atoms with E-state index in [2.05, 4.69) is 14.9 Å². The van der Waals surface area contributed by atoms with Crippen LogP contribution in [-0.4, -0.2) is 78.4 Å². The number of likely N-dealkylation sites (tertiary alicyclic amines) is 2. The number of rotatable bonds is 6. The molecule has 2 aromatic heterocycles. The summed E-state index contributed by atoms with van der Waals surface area (Å²) in [7, 11) is 4.38. The van der Waals surface area contributed by atoms with Gasteiger partial charge in [-0.05, 0) is 50.1 Å². The summed E-state index contributed by atoms with van der Waals surface area (Å²) in [6.45, 7) is 0.987. The highest BCUT2D eigenvalue weighted by Gasteiger charge is 2.75. The number of ether oxygens (including phenoxy) is 2. The largest absolute Gasteiger partial charge is 0.468 e. The highest BCUT2D eigenvalue weighted by Crippen LogP contribution is 2.60. The maximum absolute atomic E-state index is 14.7. The van der Waals surface area contributed by atoms with Crippen LogP contribution in [-0.2, 0) is 23.9 Å². The number of Topliss-reactive ketones (excluding diaryl/α,β-unsaturated/α-hetero) is 1. The molecule has 3 aliphatic rings. The van der Waals surface area contributed by atoms with E-state index in [4.69, 9.17) is 9.47 Å². The minimum absolute atomic E-state index is 0.147. The number of pyridine rings is 2. The van der Waals surface area contributed by atoms with Gasteiger partial charge in [0.2, 0.25) is 0 Å². The van der Waals surface area contributed by atoms with Crippen LogP contribution in [0.5, 0.6) is 0 Å². The van der Waals surface area contributed by atoms with Gasteiger partial charge in [0, 0.05) is 32.0 Å². The molecule has 2 aliphatic heterocycles. The normalized spacial score (nSPS) is 31.1. The lowest BCUT2D eigenvalue weighted by Crippen LogP contribution is -2.75. The van der Waals surface area contributed by atoms with Gasteiger partial charge in [-0.3, -0.25) is 34.2 Å². The van der Waals surface area contributed by atoms with Gasteiger partial charge >= 0.3 is 11.9 Å². The van der Waals surface area contributed by atoms with E-state index < -0.39 is 40.6 Å². The zero-order valence-electron chi connectivity index (χ0n) is 20.2. The molecule has 3 fully saturated rings. The van der Waals surface area contributed by atoms with Crippen LogP contribution in [0.2, 0.25) is 0 Å². The van der Waals surface area contributed by atoms with Crippen LogP contribution in [0.25, 0.3) is 0 Å². The lowest BCUT2D eigenvalue weighted by Gasteiger charge is -2.60. The van der Waals surface area contributed by atoms with Gasteiger partial charge in [-0.1, -0.05) is 12.1 Å². The molecular formula is C26H30N4O5. The fourth-order valence-electron chi connectivity index (χ4n) is 6.26. The van der Waals surface area contributed by atoms with Crippen LogP contribution >= 0.6 is 0 Å². The SMILES string of the molecule is COC(=O)[C@@]12CN(CC3CC3)C[C@@](C(=O)OC)(C1=O)C(c1ccccn1)N(C)C2c1ccccn1. The van der Waals surface area contributed by atoms with Gasteiger partial charge in [0.1, 0.15) is 0 Å². The van der Waals surface area contributed by atoms with E-state index in [1.807, 2.05) is 24.1 Å². The fourth-order valence-corrected chi connectivity index (χ4v) is 6.26. The Labute approximate surface area is 204 Å². The van der Waals surface area contributed by atoms with E-state index in [1.165, 1.54) is 14.2 Å². The zero-order valence-corrected chi connectivity index (χ0v) is 20.2. The number of carbonyl (C=O) groups is 3. The summed E-state index contributed by atoms with van der Waals surface area (Å²) in [6, 6.07) is 9.30. The number of piperidine rings is 2. The molecule has 2 aromatic rings. The van der Waals surface area contributed by atoms with Crippen LogP contribution in [0.3, 0.4) is 0 Å². The van der Waals surface area contributed by atoms with E-state index in [0.29, 0.717) is 23.9 Å². The third-order valence-corrected chi connectivity index (χ3v) is 7.75. The van der Waals surface area contributed by atoms with Crippen molar-refractivity contribution in [3.8, 4) is 0 Å². The summed E-state index contributed by atoms with van der Waals surface area (Å²) in [5, 5.41) is 0. The van der Waals surface area contributed by atoms with E-state index in [1.54, 1.807) is 36.7 Å². The molecule has 0 N–H and O–H groups in total. The fraction of sp³-hybridized carbons (Fsp3) is 0.500. The number of methoxy groups -OCH3 is 2. The Balaban J connectivity index is 1.80. The van der Waals surface area contributed by atoms with Gasteiger partial charge in [-0.15, -0.1) is 0 Å². The Morgan fingerprint density at radius 3 is 1.77 bits per heavy atom. The predicted molar refractivity (Wildman–Crippen MR) is 125 cm³/mol. The van der Waals surface area contributed by atoms with Gasteiger partial charge in [0.25, 0.3) is 0 Å². The van der Waals surface area contributed by atoms with Crippen molar-refractivity contribution < 1.29 is 23.9 Å². The molecule has 4 atom stereocenters. The average Bonchev–Trinajstić information content (AvgIpc) is 3.70. The molecule has 0 spiro atoms. The molecule has 1 aliphatic carbocycles. The van der Waals surface area contributed by atoms with E-state index in [-0.39, 0.29) is 13.1 Å². The van der Waals surface area contributed by atoms with Crippen molar-refractivity contribution in [2.24, 2.45) is 16.7 Å². The summed E-state index contributed by atoms with van der Waals surface area (Å²) in [6.07, 6.45) is 5.46.